The summed E-state index contributed by atoms with van der Waals surface area (Å²) in [5.74, 6) is 1.65. The van der Waals surface area contributed by atoms with E-state index in [1.165, 1.54) is 0 Å². The van der Waals surface area contributed by atoms with Gasteiger partial charge in [0.05, 0.1) is 24.3 Å². The van der Waals surface area contributed by atoms with Gasteiger partial charge in [-0.05, 0) is 18.2 Å². The lowest BCUT2D eigenvalue weighted by atomic mass is 9.99. The highest BCUT2D eigenvalue weighted by molar-refractivity contribution is 5.94. The number of amides is 1. The maximum absolute atomic E-state index is 13.0. The Bertz CT molecular complexity index is 1230. The summed E-state index contributed by atoms with van der Waals surface area (Å²) in [6, 6.07) is 19.2. The lowest BCUT2D eigenvalue weighted by Crippen LogP contribution is -2.49. The number of aromatic nitrogens is 4. The van der Waals surface area contributed by atoms with E-state index in [4.69, 9.17) is 9.26 Å². The first kappa shape index (κ1) is 19.0. The van der Waals surface area contributed by atoms with Gasteiger partial charge >= 0.3 is 0 Å². The molecule has 8 heteroatoms. The number of benzene rings is 2. The van der Waals surface area contributed by atoms with Crippen LogP contribution >= 0.6 is 0 Å². The summed E-state index contributed by atoms with van der Waals surface area (Å²) in [5, 5.41) is 8.58. The molecule has 0 radical (unpaired) electrons. The smallest absolute Gasteiger partial charge is 0.272 e. The maximum Gasteiger partial charge on any atom is 0.272 e. The SMILES string of the molecule is COc1ccccc1-c1noc(C2CN(C(=O)c3cc(-c4ccccc4)nn3C)C2)n1. The van der Waals surface area contributed by atoms with Crippen molar-refractivity contribution in [2.45, 2.75) is 5.92 Å². The van der Waals surface area contributed by atoms with Crippen molar-refractivity contribution in [3.05, 3.63) is 72.2 Å². The summed E-state index contributed by atoms with van der Waals surface area (Å²) >= 11 is 0. The van der Waals surface area contributed by atoms with Crippen molar-refractivity contribution in [3.63, 3.8) is 0 Å². The van der Waals surface area contributed by atoms with E-state index in [1.54, 1.807) is 23.7 Å². The fraction of sp³-hybridized carbons (Fsp3) is 0.217. The number of carbonyl (C=O) groups excluding carboxylic acids is 1. The maximum atomic E-state index is 13.0. The Morgan fingerprint density at radius 2 is 1.84 bits per heavy atom. The van der Waals surface area contributed by atoms with Crippen LogP contribution in [0.3, 0.4) is 0 Å². The van der Waals surface area contributed by atoms with Crippen molar-refractivity contribution < 1.29 is 14.1 Å². The summed E-state index contributed by atoms with van der Waals surface area (Å²) < 4.78 is 12.5. The molecule has 3 heterocycles. The molecule has 1 fully saturated rings. The van der Waals surface area contributed by atoms with Crippen molar-refractivity contribution in [2.75, 3.05) is 20.2 Å². The van der Waals surface area contributed by atoms with Gasteiger partial charge in [-0.1, -0.05) is 47.6 Å². The van der Waals surface area contributed by atoms with Crippen molar-refractivity contribution in [2.24, 2.45) is 7.05 Å². The number of rotatable bonds is 5. The monoisotopic (exact) mass is 415 g/mol. The van der Waals surface area contributed by atoms with Crippen LogP contribution < -0.4 is 4.74 Å². The third-order valence-corrected chi connectivity index (χ3v) is 5.48. The third kappa shape index (κ3) is 3.46. The highest BCUT2D eigenvalue weighted by Crippen LogP contribution is 2.32. The molecule has 0 spiro atoms. The molecule has 0 saturated carbocycles. The highest BCUT2D eigenvalue weighted by atomic mass is 16.5. The average Bonchev–Trinajstić information content (AvgIpc) is 3.40. The Morgan fingerprint density at radius 1 is 1.10 bits per heavy atom. The zero-order chi connectivity index (χ0) is 21.4. The van der Waals surface area contributed by atoms with Crippen LogP contribution in [0.5, 0.6) is 5.75 Å². The van der Waals surface area contributed by atoms with E-state index < -0.39 is 0 Å². The van der Waals surface area contributed by atoms with Gasteiger partial charge in [-0.2, -0.15) is 10.1 Å². The normalized spacial score (nSPS) is 13.8. The van der Waals surface area contributed by atoms with Crippen LogP contribution in [-0.2, 0) is 7.05 Å². The number of carbonyl (C=O) groups is 1. The van der Waals surface area contributed by atoms with Gasteiger partial charge in [-0.3, -0.25) is 9.48 Å². The highest BCUT2D eigenvalue weighted by Gasteiger charge is 2.37. The van der Waals surface area contributed by atoms with E-state index in [9.17, 15) is 4.79 Å². The van der Waals surface area contributed by atoms with Crippen molar-refractivity contribution in [3.8, 4) is 28.4 Å². The molecule has 5 rings (SSSR count). The molecule has 1 aliphatic heterocycles. The van der Waals surface area contributed by atoms with Gasteiger partial charge in [0.25, 0.3) is 5.91 Å². The van der Waals surface area contributed by atoms with E-state index in [-0.39, 0.29) is 11.8 Å². The Labute approximate surface area is 179 Å². The molecule has 0 aliphatic carbocycles. The largest absolute Gasteiger partial charge is 0.496 e. The van der Waals surface area contributed by atoms with Crippen LogP contribution in [-0.4, -0.2) is 50.9 Å². The fourth-order valence-corrected chi connectivity index (χ4v) is 3.72. The standard InChI is InChI=1S/C23H21N5O3/c1-27-19(12-18(25-27)15-8-4-3-5-9-15)23(29)28-13-16(14-28)22-24-21(26-31-22)17-10-6-7-11-20(17)30-2/h3-12,16H,13-14H2,1-2H3. The van der Waals surface area contributed by atoms with Crippen molar-refractivity contribution >= 4 is 5.91 Å². The molecule has 1 aliphatic rings. The average molecular weight is 415 g/mol. The van der Waals surface area contributed by atoms with Crippen molar-refractivity contribution in [1.29, 1.82) is 0 Å². The zero-order valence-corrected chi connectivity index (χ0v) is 17.2. The molecular weight excluding hydrogens is 394 g/mol. The summed E-state index contributed by atoms with van der Waals surface area (Å²) in [6.07, 6.45) is 0. The van der Waals surface area contributed by atoms with Gasteiger partial charge < -0.3 is 14.2 Å². The predicted molar refractivity (Wildman–Crippen MR) is 114 cm³/mol. The number of ether oxygens (including phenoxy) is 1. The molecule has 8 nitrogen and oxygen atoms in total. The minimum absolute atomic E-state index is 0.0155. The van der Waals surface area contributed by atoms with Gasteiger partial charge in [0.15, 0.2) is 0 Å². The van der Waals surface area contributed by atoms with Crippen LogP contribution in [0.4, 0.5) is 0 Å². The number of para-hydroxylation sites is 1. The molecule has 0 atom stereocenters. The van der Waals surface area contributed by atoms with Gasteiger partial charge in [-0.25, -0.2) is 0 Å². The molecule has 0 N–H and O–H groups in total. The summed E-state index contributed by atoms with van der Waals surface area (Å²) in [6.45, 7) is 1.05. The molecule has 4 aromatic rings. The molecule has 1 amide bonds. The van der Waals surface area contributed by atoms with Crippen LogP contribution in [0.1, 0.15) is 22.3 Å². The third-order valence-electron chi connectivity index (χ3n) is 5.48. The number of likely N-dealkylation sites (tertiary alicyclic amines) is 1. The lowest BCUT2D eigenvalue weighted by Gasteiger charge is -2.36. The van der Waals surface area contributed by atoms with Crippen molar-refractivity contribution in [1.82, 2.24) is 24.8 Å². The Hall–Kier alpha value is -3.94. The number of hydrogen-bond acceptors (Lipinski definition) is 6. The van der Waals surface area contributed by atoms with E-state index in [1.807, 2.05) is 60.7 Å². The number of aryl methyl sites for hydroxylation is 1. The number of methoxy groups -OCH3 is 1. The quantitative estimate of drug-likeness (QED) is 0.497. The molecule has 0 unspecified atom stereocenters. The second-order valence-electron chi connectivity index (χ2n) is 7.47. The van der Waals surface area contributed by atoms with Crippen LogP contribution in [0.15, 0.2) is 65.2 Å². The Kier molecular flexibility index (Phi) is 4.74. The molecule has 156 valence electrons. The lowest BCUT2D eigenvalue weighted by molar-refractivity contribution is 0.0558. The molecular formula is C23H21N5O3. The second-order valence-corrected chi connectivity index (χ2v) is 7.47. The molecule has 2 aromatic heterocycles. The summed E-state index contributed by atoms with van der Waals surface area (Å²) in [4.78, 5) is 19.3. The van der Waals surface area contributed by atoms with Crippen LogP contribution in [0, 0.1) is 0 Å². The minimum atomic E-state index is -0.0575. The van der Waals surface area contributed by atoms with E-state index in [0.717, 1.165) is 16.8 Å². The Balaban J connectivity index is 1.28. The first-order valence-electron chi connectivity index (χ1n) is 10.00. The van der Waals surface area contributed by atoms with Crippen LogP contribution in [0.2, 0.25) is 0 Å². The summed E-state index contributed by atoms with van der Waals surface area (Å²) in [7, 11) is 3.39. The van der Waals surface area contributed by atoms with Gasteiger partial charge in [0.2, 0.25) is 11.7 Å². The van der Waals surface area contributed by atoms with Gasteiger partial charge in [-0.15, -0.1) is 0 Å². The van der Waals surface area contributed by atoms with Gasteiger partial charge in [0, 0.05) is 25.7 Å². The summed E-state index contributed by atoms with van der Waals surface area (Å²) in [5.41, 5.74) is 3.09. The Morgan fingerprint density at radius 3 is 2.61 bits per heavy atom. The van der Waals surface area contributed by atoms with E-state index >= 15 is 0 Å². The minimum Gasteiger partial charge on any atom is -0.496 e. The van der Waals surface area contributed by atoms with E-state index in [0.29, 0.717) is 36.2 Å². The van der Waals surface area contributed by atoms with E-state index in [2.05, 4.69) is 15.2 Å². The first-order chi connectivity index (χ1) is 15.1. The second kappa shape index (κ2) is 7.71. The molecule has 1 saturated heterocycles. The molecule has 0 bridgehead atoms. The topological polar surface area (TPSA) is 86.3 Å². The molecule has 2 aromatic carbocycles. The number of hydrogen-bond donors (Lipinski definition) is 0. The van der Waals surface area contributed by atoms with Gasteiger partial charge in [0.1, 0.15) is 11.4 Å². The van der Waals surface area contributed by atoms with Crippen LogP contribution in [0.25, 0.3) is 22.6 Å². The molecule has 31 heavy (non-hydrogen) atoms. The predicted octanol–water partition coefficient (Wildman–Crippen LogP) is 3.39. The number of nitrogens with zero attached hydrogens (tertiary/aromatic N) is 5. The fourth-order valence-electron chi connectivity index (χ4n) is 3.72. The first-order valence-corrected chi connectivity index (χ1v) is 10.00. The zero-order valence-electron chi connectivity index (χ0n) is 17.2.